The maximum absolute atomic E-state index is 9.69. The Kier molecular flexibility index (Phi) is 5.76. The van der Waals surface area contributed by atoms with E-state index >= 15 is 0 Å². The van der Waals surface area contributed by atoms with E-state index in [-0.39, 0.29) is 0 Å². The Morgan fingerprint density at radius 2 is 2.29 bits per heavy atom. The number of hydrogen-bond donors (Lipinski definition) is 1. The smallest absolute Gasteiger partial charge is 0.226 e. The molecule has 2 aromatic rings. The molecule has 1 aromatic carbocycles. The van der Waals surface area contributed by atoms with Crippen LogP contribution in [0.15, 0.2) is 34.9 Å². The molecule has 0 bridgehead atoms. The number of oxazole rings is 1. The highest BCUT2D eigenvalue weighted by Crippen LogP contribution is 2.22. The third kappa shape index (κ3) is 4.82. The fourth-order valence-electron chi connectivity index (χ4n) is 2.08. The lowest BCUT2D eigenvalue weighted by molar-refractivity contribution is 0.0416. The van der Waals surface area contributed by atoms with Crippen molar-refractivity contribution in [2.24, 2.45) is 0 Å². The van der Waals surface area contributed by atoms with E-state index in [1.165, 1.54) is 0 Å². The average Bonchev–Trinajstić information content (AvgIpc) is 2.87. The zero-order chi connectivity index (χ0) is 15.2. The highest BCUT2D eigenvalue weighted by atomic mass is 35.5. The Labute approximate surface area is 129 Å². The molecule has 0 saturated carbocycles. The molecule has 1 N–H and O–H groups in total. The van der Waals surface area contributed by atoms with Gasteiger partial charge in [-0.05, 0) is 25.2 Å². The number of nitrogens with zero attached hydrogens (tertiary/aromatic N) is 2. The zero-order valence-corrected chi connectivity index (χ0v) is 12.9. The number of aliphatic hydroxyl groups is 1. The van der Waals surface area contributed by atoms with Gasteiger partial charge in [0.05, 0.1) is 18.4 Å². The van der Waals surface area contributed by atoms with Gasteiger partial charge >= 0.3 is 0 Å². The number of likely N-dealkylation sites (N-methyl/N-ethyl adjacent to an activating group) is 1. The van der Waals surface area contributed by atoms with Crippen LogP contribution in [-0.4, -0.2) is 48.4 Å². The number of aliphatic hydroxyl groups excluding tert-OH is 1. The first-order valence-electron chi connectivity index (χ1n) is 6.64. The van der Waals surface area contributed by atoms with E-state index in [2.05, 4.69) is 4.98 Å². The number of ether oxygens (including phenoxy) is 1. The van der Waals surface area contributed by atoms with Gasteiger partial charge in [-0.15, -0.1) is 0 Å². The van der Waals surface area contributed by atoms with Crippen molar-refractivity contribution in [3.8, 4) is 11.5 Å². The van der Waals surface area contributed by atoms with Gasteiger partial charge in [-0.3, -0.25) is 4.90 Å². The highest BCUT2D eigenvalue weighted by Gasteiger charge is 2.12. The molecule has 0 radical (unpaired) electrons. The van der Waals surface area contributed by atoms with Crippen LogP contribution in [0.5, 0.6) is 0 Å². The number of benzene rings is 1. The lowest BCUT2D eigenvalue weighted by atomic mass is 10.2. The topological polar surface area (TPSA) is 58.7 Å². The van der Waals surface area contributed by atoms with E-state index in [0.29, 0.717) is 30.6 Å². The third-order valence-corrected chi connectivity index (χ3v) is 3.17. The predicted octanol–water partition coefficient (Wildman–Crippen LogP) is 2.43. The van der Waals surface area contributed by atoms with Crippen LogP contribution in [0.2, 0.25) is 5.02 Å². The minimum Gasteiger partial charge on any atom is -0.444 e. The van der Waals surface area contributed by atoms with Crippen LogP contribution in [0.1, 0.15) is 5.69 Å². The first kappa shape index (κ1) is 16.0. The normalized spacial score (nSPS) is 12.8. The number of rotatable bonds is 7. The van der Waals surface area contributed by atoms with Gasteiger partial charge in [0.15, 0.2) is 0 Å². The molecular formula is C15H19ClN2O3. The highest BCUT2D eigenvalue weighted by molar-refractivity contribution is 6.30. The van der Waals surface area contributed by atoms with E-state index < -0.39 is 6.10 Å². The molecule has 0 aliphatic rings. The second-order valence-corrected chi connectivity index (χ2v) is 5.40. The monoisotopic (exact) mass is 310 g/mol. The number of methoxy groups -OCH3 is 1. The predicted molar refractivity (Wildman–Crippen MR) is 81.2 cm³/mol. The molecule has 0 saturated heterocycles. The summed E-state index contributed by atoms with van der Waals surface area (Å²) in [5, 5.41) is 10.3. The van der Waals surface area contributed by atoms with Crippen molar-refractivity contribution in [1.29, 1.82) is 0 Å². The molecule has 1 atom stereocenters. The third-order valence-electron chi connectivity index (χ3n) is 2.94. The number of aromatic nitrogens is 1. The van der Waals surface area contributed by atoms with Gasteiger partial charge < -0.3 is 14.3 Å². The molecule has 2 rings (SSSR count). The minimum atomic E-state index is -0.515. The van der Waals surface area contributed by atoms with Crippen molar-refractivity contribution in [2.75, 3.05) is 27.3 Å². The molecule has 1 heterocycles. The summed E-state index contributed by atoms with van der Waals surface area (Å²) in [6, 6.07) is 7.37. The van der Waals surface area contributed by atoms with Crippen LogP contribution in [0, 0.1) is 0 Å². The van der Waals surface area contributed by atoms with E-state index in [1.807, 2.05) is 30.1 Å². The van der Waals surface area contributed by atoms with Crippen LogP contribution in [0.4, 0.5) is 0 Å². The van der Waals surface area contributed by atoms with Gasteiger partial charge in [-0.2, -0.15) is 0 Å². The van der Waals surface area contributed by atoms with Crippen LogP contribution in [0.3, 0.4) is 0 Å². The molecule has 1 aromatic heterocycles. The Hall–Kier alpha value is -1.40. The van der Waals surface area contributed by atoms with E-state index in [0.717, 1.165) is 11.3 Å². The second-order valence-electron chi connectivity index (χ2n) is 4.96. The van der Waals surface area contributed by atoms with Crippen molar-refractivity contribution in [2.45, 2.75) is 12.6 Å². The molecule has 1 unspecified atom stereocenters. The molecule has 114 valence electrons. The van der Waals surface area contributed by atoms with Gasteiger partial charge in [-0.25, -0.2) is 4.98 Å². The maximum atomic E-state index is 9.69. The zero-order valence-electron chi connectivity index (χ0n) is 12.1. The minimum absolute atomic E-state index is 0.316. The molecule has 0 aliphatic heterocycles. The van der Waals surface area contributed by atoms with E-state index in [1.54, 1.807) is 19.4 Å². The summed E-state index contributed by atoms with van der Waals surface area (Å²) in [5.74, 6) is 0.540. The molecule has 21 heavy (non-hydrogen) atoms. The standard InChI is InChI=1S/C15H19ClN2O3/c1-18(8-14(19)10-20-2)7-13-9-21-15(17-13)11-4-3-5-12(16)6-11/h3-6,9,14,19H,7-8,10H2,1-2H3. The Morgan fingerprint density at radius 1 is 1.48 bits per heavy atom. The van der Waals surface area contributed by atoms with Gasteiger partial charge in [0.2, 0.25) is 5.89 Å². The summed E-state index contributed by atoms with van der Waals surface area (Å²) in [5.41, 5.74) is 1.65. The SMILES string of the molecule is COCC(O)CN(C)Cc1coc(-c2cccc(Cl)c2)n1. The summed E-state index contributed by atoms with van der Waals surface area (Å²) in [7, 11) is 3.48. The fraction of sp³-hybridized carbons (Fsp3) is 0.400. The Balaban J connectivity index is 1.97. The molecule has 5 nitrogen and oxygen atoms in total. The van der Waals surface area contributed by atoms with Gasteiger partial charge in [0.1, 0.15) is 6.26 Å². The van der Waals surface area contributed by atoms with E-state index in [4.69, 9.17) is 20.8 Å². The molecule has 6 heteroatoms. The summed E-state index contributed by atoms with van der Waals surface area (Å²) in [6.45, 7) is 1.41. The summed E-state index contributed by atoms with van der Waals surface area (Å²) >= 11 is 5.96. The molecule has 0 spiro atoms. The van der Waals surface area contributed by atoms with Crippen molar-refractivity contribution in [3.63, 3.8) is 0 Å². The van der Waals surface area contributed by atoms with Crippen LogP contribution in [-0.2, 0) is 11.3 Å². The second kappa shape index (κ2) is 7.56. The summed E-state index contributed by atoms with van der Waals surface area (Å²) < 4.78 is 10.4. The summed E-state index contributed by atoms with van der Waals surface area (Å²) in [6.07, 6.45) is 1.11. The van der Waals surface area contributed by atoms with Gasteiger partial charge in [-0.1, -0.05) is 17.7 Å². The molecule has 0 amide bonds. The van der Waals surface area contributed by atoms with Crippen LogP contribution < -0.4 is 0 Å². The van der Waals surface area contributed by atoms with Crippen molar-refractivity contribution in [3.05, 3.63) is 41.2 Å². The first-order chi connectivity index (χ1) is 10.1. The van der Waals surface area contributed by atoms with Gasteiger partial charge in [0, 0.05) is 30.8 Å². The quantitative estimate of drug-likeness (QED) is 0.851. The molecule has 0 aliphatic carbocycles. The molecule has 0 fully saturated rings. The Morgan fingerprint density at radius 3 is 3.00 bits per heavy atom. The van der Waals surface area contributed by atoms with Crippen molar-refractivity contribution < 1.29 is 14.3 Å². The lowest BCUT2D eigenvalue weighted by Crippen LogP contribution is -2.31. The molecular weight excluding hydrogens is 292 g/mol. The Bertz CT molecular complexity index is 574. The first-order valence-corrected chi connectivity index (χ1v) is 7.02. The van der Waals surface area contributed by atoms with Crippen LogP contribution in [0.25, 0.3) is 11.5 Å². The van der Waals surface area contributed by atoms with Gasteiger partial charge in [0.25, 0.3) is 0 Å². The average molecular weight is 311 g/mol. The maximum Gasteiger partial charge on any atom is 0.226 e. The number of hydrogen-bond acceptors (Lipinski definition) is 5. The lowest BCUT2D eigenvalue weighted by Gasteiger charge is -2.18. The van der Waals surface area contributed by atoms with Crippen molar-refractivity contribution in [1.82, 2.24) is 9.88 Å². The van der Waals surface area contributed by atoms with Crippen molar-refractivity contribution >= 4 is 11.6 Å². The fourth-order valence-corrected chi connectivity index (χ4v) is 2.27. The van der Waals surface area contributed by atoms with Crippen LogP contribution >= 0.6 is 11.6 Å². The number of halogens is 1. The summed E-state index contributed by atoms with van der Waals surface area (Å²) in [4.78, 5) is 6.40. The van der Waals surface area contributed by atoms with E-state index in [9.17, 15) is 5.11 Å². The largest absolute Gasteiger partial charge is 0.444 e.